The van der Waals surface area contributed by atoms with Crippen molar-refractivity contribution < 1.29 is 18.3 Å². The fraction of sp³-hybridized carbons (Fsp3) is 0.500. The van der Waals surface area contributed by atoms with Crippen molar-refractivity contribution in [1.29, 1.82) is 0 Å². The molecule has 1 fully saturated rings. The summed E-state index contributed by atoms with van der Waals surface area (Å²) in [5.74, 6) is 0.891. The van der Waals surface area contributed by atoms with Crippen LogP contribution in [0.4, 0.5) is 0 Å². The lowest BCUT2D eigenvalue weighted by Crippen LogP contribution is -2.42. The van der Waals surface area contributed by atoms with Gasteiger partial charge in [0, 0.05) is 13.1 Å². The van der Waals surface area contributed by atoms with E-state index in [2.05, 4.69) is 14.7 Å². The smallest absolute Gasteiger partial charge is 0.240 e. The summed E-state index contributed by atoms with van der Waals surface area (Å²) in [6.07, 6.45) is 6.57. The molecule has 2 heterocycles. The van der Waals surface area contributed by atoms with Gasteiger partial charge >= 0.3 is 0 Å². The zero-order valence-electron chi connectivity index (χ0n) is 17.2. The highest BCUT2D eigenvalue weighted by Crippen LogP contribution is 2.32. The van der Waals surface area contributed by atoms with Crippen LogP contribution in [0.2, 0.25) is 0 Å². The molecule has 2 aromatic rings. The summed E-state index contributed by atoms with van der Waals surface area (Å²) < 4.78 is 26.6. The first-order valence-corrected chi connectivity index (χ1v) is 12.7. The Bertz CT molecular complexity index is 959. The number of amides is 1. The third kappa shape index (κ3) is 5.05. The molecule has 164 valence electrons. The van der Waals surface area contributed by atoms with Gasteiger partial charge in [-0.3, -0.25) is 4.79 Å². The predicted octanol–water partition coefficient (Wildman–Crippen LogP) is 2.15. The normalized spacial score (nSPS) is 18.4. The predicted molar refractivity (Wildman–Crippen MR) is 118 cm³/mol. The number of thioether (sulfide) groups is 1. The van der Waals surface area contributed by atoms with Gasteiger partial charge in [0.2, 0.25) is 15.9 Å². The molecular weight excluding hydrogens is 424 g/mol. The molecule has 0 radical (unpaired) electrons. The third-order valence-corrected chi connectivity index (χ3v) is 7.66. The standard InChI is InChI=1S/C20H28N4O4S2/c1-14(29-2)20(26)24-11-4-3-5-18(24)19-21-13-17(23-19)15-6-8-16(9-7-15)30(27,28)22-10-12-25/h6-9,13-14,18,22,25H,3-5,10-12H2,1-2H3,(H,21,23). The fourth-order valence-electron chi connectivity index (χ4n) is 3.54. The maximum absolute atomic E-state index is 12.8. The number of aliphatic hydroxyl groups is 1. The van der Waals surface area contributed by atoms with Crippen molar-refractivity contribution >= 4 is 27.7 Å². The lowest BCUT2D eigenvalue weighted by Gasteiger charge is -2.36. The first-order chi connectivity index (χ1) is 14.4. The summed E-state index contributed by atoms with van der Waals surface area (Å²) >= 11 is 1.54. The zero-order valence-corrected chi connectivity index (χ0v) is 18.8. The van der Waals surface area contributed by atoms with Gasteiger partial charge in [0.1, 0.15) is 5.82 Å². The van der Waals surface area contributed by atoms with Gasteiger partial charge in [0.05, 0.1) is 34.7 Å². The molecule has 3 rings (SSSR count). The second kappa shape index (κ2) is 9.95. The number of likely N-dealkylation sites (tertiary alicyclic amines) is 1. The van der Waals surface area contributed by atoms with Crippen LogP contribution >= 0.6 is 11.8 Å². The molecule has 0 saturated carbocycles. The number of nitrogens with zero attached hydrogens (tertiary/aromatic N) is 2. The Hall–Kier alpha value is -1.88. The molecule has 1 aliphatic heterocycles. The molecule has 1 amide bonds. The molecule has 0 bridgehead atoms. The zero-order chi connectivity index (χ0) is 21.7. The minimum Gasteiger partial charge on any atom is -0.395 e. The molecular formula is C20H28N4O4S2. The van der Waals surface area contributed by atoms with Crippen LogP contribution in [0.1, 0.15) is 38.1 Å². The Morgan fingerprint density at radius 2 is 2.10 bits per heavy atom. The number of H-pyrrole nitrogens is 1. The van der Waals surface area contributed by atoms with E-state index in [1.54, 1.807) is 30.1 Å². The number of aliphatic hydroxyl groups excluding tert-OH is 1. The van der Waals surface area contributed by atoms with Crippen LogP contribution in [0, 0.1) is 0 Å². The van der Waals surface area contributed by atoms with E-state index >= 15 is 0 Å². The van der Waals surface area contributed by atoms with Gasteiger partial charge in [-0.1, -0.05) is 12.1 Å². The maximum atomic E-state index is 12.8. The molecule has 30 heavy (non-hydrogen) atoms. The van der Waals surface area contributed by atoms with Gasteiger partial charge in [-0.2, -0.15) is 11.8 Å². The Morgan fingerprint density at radius 1 is 1.37 bits per heavy atom. The number of imidazole rings is 1. The number of aromatic nitrogens is 2. The summed E-state index contributed by atoms with van der Waals surface area (Å²) in [6.45, 7) is 2.37. The van der Waals surface area contributed by atoms with E-state index in [9.17, 15) is 13.2 Å². The monoisotopic (exact) mass is 452 g/mol. The van der Waals surface area contributed by atoms with Gasteiger partial charge < -0.3 is 15.0 Å². The number of hydrogen-bond donors (Lipinski definition) is 3. The van der Waals surface area contributed by atoms with Crippen molar-refractivity contribution in [2.45, 2.75) is 42.4 Å². The SMILES string of the molecule is CSC(C)C(=O)N1CCCCC1c1ncc(-c2ccc(S(=O)(=O)NCCO)cc2)[nH]1. The number of carbonyl (C=O) groups excluding carboxylic acids is 1. The number of sulfonamides is 1. The van der Waals surface area contributed by atoms with E-state index in [4.69, 9.17) is 5.11 Å². The van der Waals surface area contributed by atoms with E-state index in [0.29, 0.717) is 0 Å². The minimum atomic E-state index is -3.64. The number of rotatable bonds is 8. The van der Waals surface area contributed by atoms with E-state index in [1.807, 2.05) is 18.1 Å². The van der Waals surface area contributed by atoms with Crippen LogP contribution in [0.5, 0.6) is 0 Å². The van der Waals surface area contributed by atoms with Crippen LogP contribution in [-0.4, -0.2) is 65.5 Å². The van der Waals surface area contributed by atoms with Crippen LogP contribution < -0.4 is 4.72 Å². The van der Waals surface area contributed by atoms with E-state index < -0.39 is 10.0 Å². The third-order valence-electron chi connectivity index (χ3n) is 5.28. The molecule has 1 aromatic heterocycles. The second-order valence-electron chi connectivity index (χ2n) is 7.25. The summed E-state index contributed by atoms with van der Waals surface area (Å²) in [4.78, 5) is 22.7. The topological polar surface area (TPSA) is 115 Å². The number of carbonyl (C=O) groups is 1. The first kappa shape index (κ1) is 22.8. The Balaban J connectivity index is 1.79. The Kier molecular flexibility index (Phi) is 7.56. The Morgan fingerprint density at radius 3 is 2.77 bits per heavy atom. The fourth-order valence-corrected chi connectivity index (χ4v) is 4.90. The first-order valence-electron chi connectivity index (χ1n) is 9.96. The molecule has 1 saturated heterocycles. The molecule has 1 aliphatic rings. The molecule has 1 aromatic carbocycles. The summed E-state index contributed by atoms with van der Waals surface area (Å²) in [6, 6.07) is 6.39. The van der Waals surface area contributed by atoms with E-state index in [1.165, 1.54) is 12.1 Å². The van der Waals surface area contributed by atoms with Crippen molar-refractivity contribution in [3.05, 3.63) is 36.3 Å². The van der Waals surface area contributed by atoms with Gasteiger partial charge in [-0.15, -0.1) is 0 Å². The summed E-state index contributed by atoms with van der Waals surface area (Å²) in [5, 5.41) is 8.72. The van der Waals surface area contributed by atoms with Crippen molar-refractivity contribution in [3.8, 4) is 11.3 Å². The maximum Gasteiger partial charge on any atom is 0.240 e. The minimum absolute atomic E-state index is 0.0280. The molecule has 2 atom stereocenters. The molecule has 10 heteroatoms. The molecule has 0 aliphatic carbocycles. The van der Waals surface area contributed by atoms with E-state index in [0.717, 1.165) is 42.9 Å². The van der Waals surface area contributed by atoms with Gasteiger partial charge in [0.15, 0.2) is 0 Å². The average Bonchev–Trinajstić information content (AvgIpc) is 3.27. The van der Waals surface area contributed by atoms with Crippen LogP contribution in [0.3, 0.4) is 0 Å². The highest BCUT2D eigenvalue weighted by atomic mass is 32.2. The molecule has 8 nitrogen and oxygen atoms in total. The highest BCUT2D eigenvalue weighted by Gasteiger charge is 2.32. The van der Waals surface area contributed by atoms with Crippen LogP contribution in [0.25, 0.3) is 11.3 Å². The summed E-state index contributed by atoms with van der Waals surface area (Å²) in [7, 11) is -3.64. The number of piperidine rings is 1. The molecule has 2 unspecified atom stereocenters. The van der Waals surface area contributed by atoms with Crippen LogP contribution in [0.15, 0.2) is 35.4 Å². The second-order valence-corrected chi connectivity index (χ2v) is 10.2. The Labute approximate surface area is 181 Å². The van der Waals surface area contributed by atoms with Crippen molar-refractivity contribution in [1.82, 2.24) is 19.6 Å². The number of hydrogen-bond acceptors (Lipinski definition) is 6. The lowest BCUT2D eigenvalue weighted by molar-refractivity contribution is -0.134. The van der Waals surface area contributed by atoms with Gasteiger partial charge in [-0.25, -0.2) is 18.1 Å². The average molecular weight is 453 g/mol. The van der Waals surface area contributed by atoms with Crippen LogP contribution in [-0.2, 0) is 14.8 Å². The lowest BCUT2D eigenvalue weighted by atomic mass is 10.0. The van der Waals surface area contributed by atoms with Crippen molar-refractivity contribution in [2.24, 2.45) is 0 Å². The largest absolute Gasteiger partial charge is 0.395 e. The number of benzene rings is 1. The van der Waals surface area contributed by atoms with Crippen molar-refractivity contribution in [3.63, 3.8) is 0 Å². The molecule has 0 spiro atoms. The highest BCUT2D eigenvalue weighted by molar-refractivity contribution is 7.99. The molecule has 3 N–H and O–H groups in total. The number of aromatic amines is 1. The van der Waals surface area contributed by atoms with Gasteiger partial charge in [-0.05, 0) is 50.1 Å². The summed E-state index contributed by atoms with van der Waals surface area (Å²) in [5.41, 5.74) is 1.58. The number of nitrogens with one attached hydrogen (secondary N) is 2. The van der Waals surface area contributed by atoms with Gasteiger partial charge in [0.25, 0.3) is 0 Å². The van der Waals surface area contributed by atoms with E-state index in [-0.39, 0.29) is 35.2 Å². The van der Waals surface area contributed by atoms with Crippen molar-refractivity contribution in [2.75, 3.05) is 26.0 Å². The quantitative estimate of drug-likeness (QED) is 0.565.